The Balaban J connectivity index is 1.72. The standard InChI is InChI=1S/C23H22N2O6/c1-4-23(15-5-7-16(29-2)8-6-15)21(27)25(22(28)24-23)13-14-11-20(26)31-19-12-17(30-3)9-10-18(14)19/h5-12H,4,13H2,1-3H3,(H,24,28). The van der Waals surface area contributed by atoms with E-state index in [-0.39, 0.29) is 12.5 Å². The molecule has 1 atom stereocenters. The van der Waals surface area contributed by atoms with Gasteiger partial charge in [0.1, 0.15) is 22.6 Å². The summed E-state index contributed by atoms with van der Waals surface area (Å²) >= 11 is 0. The lowest BCUT2D eigenvalue weighted by molar-refractivity contribution is -0.132. The molecule has 1 fully saturated rings. The Kier molecular flexibility index (Phi) is 5.14. The number of carbonyl (C=O) groups is 2. The maximum Gasteiger partial charge on any atom is 0.336 e. The molecule has 0 spiro atoms. The van der Waals surface area contributed by atoms with Crippen molar-refractivity contribution in [1.29, 1.82) is 0 Å². The maximum absolute atomic E-state index is 13.4. The molecule has 1 aromatic heterocycles. The van der Waals surface area contributed by atoms with Gasteiger partial charge in [-0.15, -0.1) is 0 Å². The third kappa shape index (κ3) is 3.39. The fourth-order valence-electron chi connectivity index (χ4n) is 3.92. The molecule has 2 heterocycles. The normalized spacial score (nSPS) is 18.4. The summed E-state index contributed by atoms with van der Waals surface area (Å²) in [4.78, 5) is 39.5. The number of imide groups is 1. The third-order valence-corrected chi connectivity index (χ3v) is 5.65. The molecule has 4 rings (SSSR count). The molecule has 1 aliphatic heterocycles. The summed E-state index contributed by atoms with van der Waals surface area (Å²) < 4.78 is 15.6. The van der Waals surface area contributed by atoms with Crippen LogP contribution in [0, 0.1) is 0 Å². The van der Waals surface area contributed by atoms with Crippen LogP contribution in [0.5, 0.6) is 11.5 Å². The van der Waals surface area contributed by atoms with Crippen molar-refractivity contribution in [3.63, 3.8) is 0 Å². The van der Waals surface area contributed by atoms with E-state index in [0.717, 1.165) is 4.90 Å². The van der Waals surface area contributed by atoms with Crippen LogP contribution in [0.3, 0.4) is 0 Å². The Morgan fingerprint density at radius 1 is 0.968 bits per heavy atom. The smallest absolute Gasteiger partial charge is 0.336 e. The summed E-state index contributed by atoms with van der Waals surface area (Å²) in [6.45, 7) is 1.78. The SMILES string of the molecule is CCC1(c2ccc(OC)cc2)NC(=O)N(Cc2cc(=O)oc3cc(OC)ccc23)C1=O. The summed E-state index contributed by atoms with van der Waals surface area (Å²) in [5.74, 6) is 0.814. The van der Waals surface area contributed by atoms with Gasteiger partial charge in [-0.2, -0.15) is 0 Å². The monoisotopic (exact) mass is 422 g/mol. The first-order valence-corrected chi connectivity index (χ1v) is 9.81. The van der Waals surface area contributed by atoms with E-state index in [1.807, 2.05) is 6.92 Å². The topological polar surface area (TPSA) is 98.1 Å². The van der Waals surface area contributed by atoms with Crippen LogP contribution in [0.25, 0.3) is 11.0 Å². The predicted molar refractivity (Wildman–Crippen MR) is 113 cm³/mol. The Hall–Kier alpha value is -3.81. The van der Waals surface area contributed by atoms with Gasteiger partial charge in [0.05, 0.1) is 20.8 Å². The van der Waals surface area contributed by atoms with E-state index >= 15 is 0 Å². The van der Waals surface area contributed by atoms with Crippen LogP contribution < -0.4 is 20.4 Å². The van der Waals surface area contributed by atoms with E-state index in [0.29, 0.717) is 40.0 Å². The molecule has 2 aromatic carbocycles. The van der Waals surface area contributed by atoms with Gasteiger partial charge < -0.3 is 19.2 Å². The fraction of sp³-hybridized carbons (Fsp3) is 0.261. The summed E-state index contributed by atoms with van der Waals surface area (Å²) in [7, 11) is 3.07. The quantitative estimate of drug-likeness (QED) is 0.484. The van der Waals surface area contributed by atoms with E-state index in [1.54, 1.807) is 49.6 Å². The highest BCUT2D eigenvalue weighted by atomic mass is 16.5. The molecule has 0 radical (unpaired) electrons. The van der Waals surface area contributed by atoms with Crippen molar-refractivity contribution in [3.05, 3.63) is 70.1 Å². The van der Waals surface area contributed by atoms with Crippen LogP contribution in [0.15, 0.2) is 57.7 Å². The van der Waals surface area contributed by atoms with Crippen molar-refractivity contribution in [2.45, 2.75) is 25.4 Å². The highest BCUT2D eigenvalue weighted by molar-refractivity contribution is 6.07. The van der Waals surface area contributed by atoms with Gasteiger partial charge in [-0.3, -0.25) is 9.69 Å². The molecule has 0 saturated carbocycles. The lowest BCUT2D eigenvalue weighted by Crippen LogP contribution is -2.43. The Morgan fingerprint density at radius 3 is 2.29 bits per heavy atom. The number of carbonyl (C=O) groups excluding carboxylic acids is 2. The van der Waals surface area contributed by atoms with Gasteiger partial charge >= 0.3 is 11.7 Å². The largest absolute Gasteiger partial charge is 0.497 e. The second-order valence-corrected chi connectivity index (χ2v) is 7.26. The molecule has 8 heteroatoms. The Labute approximate surface area is 178 Å². The summed E-state index contributed by atoms with van der Waals surface area (Å²) in [5.41, 5.74) is -0.245. The molecule has 1 aliphatic rings. The van der Waals surface area contributed by atoms with Gasteiger partial charge in [-0.1, -0.05) is 19.1 Å². The van der Waals surface area contributed by atoms with Gasteiger partial charge in [0.2, 0.25) is 0 Å². The zero-order valence-corrected chi connectivity index (χ0v) is 17.4. The van der Waals surface area contributed by atoms with Crippen LogP contribution in [-0.2, 0) is 16.9 Å². The number of methoxy groups -OCH3 is 2. The fourth-order valence-corrected chi connectivity index (χ4v) is 3.92. The molecule has 3 amide bonds. The minimum Gasteiger partial charge on any atom is -0.497 e. The molecule has 160 valence electrons. The zero-order valence-electron chi connectivity index (χ0n) is 17.4. The second-order valence-electron chi connectivity index (χ2n) is 7.26. The predicted octanol–water partition coefficient (Wildman–Crippen LogP) is 3.17. The highest BCUT2D eigenvalue weighted by Gasteiger charge is 2.51. The molecule has 0 aliphatic carbocycles. The van der Waals surface area contributed by atoms with E-state index < -0.39 is 17.2 Å². The van der Waals surface area contributed by atoms with Crippen molar-refractivity contribution in [2.24, 2.45) is 0 Å². The highest BCUT2D eigenvalue weighted by Crippen LogP contribution is 2.34. The summed E-state index contributed by atoms with van der Waals surface area (Å²) in [6, 6.07) is 12.9. The number of fused-ring (bicyclic) bond motifs is 1. The molecule has 1 N–H and O–H groups in total. The first kappa shape index (κ1) is 20.5. The van der Waals surface area contributed by atoms with Crippen LogP contribution >= 0.6 is 0 Å². The number of amides is 3. The molecule has 1 unspecified atom stereocenters. The lowest BCUT2D eigenvalue weighted by Gasteiger charge is -2.26. The second kappa shape index (κ2) is 7.79. The molecule has 0 bridgehead atoms. The first-order chi connectivity index (χ1) is 14.9. The van der Waals surface area contributed by atoms with Gasteiger partial charge in [0, 0.05) is 17.5 Å². The van der Waals surface area contributed by atoms with E-state index in [1.165, 1.54) is 13.2 Å². The Morgan fingerprint density at radius 2 is 1.65 bits per heavy atom. The first-order valence-electron chi connectivity index (χ1n) is 9.81. The van der Waals surface area contributed by atoms with E-state index in [4.69, 9.17) is 13.9 Å². The number of nitrogens with one attached hydrogen (secondary N) is 1. The number of urea groups is 1. The van der Waals surface area contributed by atoms with Gasteiger partial charge in [-0.25, -0.2) is 9.59 Å². The number of ether oxygens (including phenoxy) is 2. The van der Waals surface area contributed by atoms with Crippen LogP contribution in [0.1, 0.15) is 24.5 Å². The minimum atomic E-state index is -1.18. The molecule has 31 heavy (non-hydrogen) atoms. The summed E-state index contributed by atoms with van der Waals surface area (Å²) in [5, 5.41) is 3.47. The van der Waals surface area contributed by atoms with E-state index in [9.17, 15) is 14.4 Å². The van der Waals surface area contributed by atoms with Crippen LogP contribution in [0.2, 0.25) is 0 Å². The number of nitrogens with zero attached hydrogens (tertiary/aromatic N) is 1. The van der Waals surface area contributed by atoms with Crippen LogP contribution in [-0.4, -0.2) is 31.1 Å². The summed E-state index contributed by atoms with van der Waals surface area (Å²) in [6.07, 6.45) is 0.370. The lowest BCUT2D eigenvalue weighted by atomic mass is 9.87. The maximum atomic E-state index is 13.4. The molecule has 1 saturated heterocycles. The number of hydrogen-bond acceptors (Lipinski definition) is 6. The molecular weight excluding hydrogens is 400 g/mol. The van der Waals surface area contributed by atoms with Gasteiger partial charge in [0.25, 0.3) is 5.91 Å². The van der Waals surface area contributed by atoms with Crippen molar-refractivity contribution in [2.75, 3.05) is 14.2 Å². The minimum absolute atomic E-state index is 0.0585. The van der Waals surface area contributed by atoms with Crippen molar-refractivity contribution in [1.82, 2.24) is 10.2 Å². The number of hydrogen-bond donors (Lipinski definition) is 1. The van der Waals surface area contributed by atoms with Crippen molar-refractivity contribution < 1.29 is 23.5 Å². The van der Waals surface area contributed by atoms with Crippen molar-refractivity contribution >= 4 is 22.9 Å². The number of benzene rings is 2. The van der Waals surface area contributed by atoms with Crippen LogP contribution in [0.4, 0.5) is 4.79 Å². The van der Waals surface area contributed by atoms with Gasteiger partial charge in [0.15, 0.2) is 0 Å². The Bertz CT molecular complexity index is 1220. The molecule has 8 nitrogen and oxygen atoms in total. The van der Waals surface area contributed by atoms with Crippen molar-refractivity contribution in [3.8, 4) is 11.5 Å². The average Bonchev–Trinajstić information content (AvgIpc) is 3.03. The van der Waals surface area contributed by atoms with Gasteiger partial charge in [-0.05, 0) is 41.8 Å². The van der Waals surface area contributed by atoms with E-state index in [2.05, 4.69) is 5.32 Å². The molecular formula is C23H22N2O6. The average molecular weight is 422 g/mol. The third-order valence-electron chi connectivity index (χ3n) is 5.65. The molecule has 3 aromatic rings. The zero-order chi connectivity index (χ0) is 22.2. The number of rotatable bonds is 6.